The van der Waals surface area contributed by atoms with E-state index in [0.717, 1.165) is 6.26 Å². The number of esters is 3. The van der Waals surface area contributed by atoms with Gasteiger partial charge in [-0.15, -0.1) is 0 Å². The molecule has 20 heteroatoms. The number of anilines is 1. The lowest BCUT2D eigenvalue weighted by atomic mass is 9.95. The molecule has 18 nitrogen and oxygen atoms in total. The minimum atomic E-state index is -4.67. The van der Waals surface area contributed by atoms with Crippen LogP contribution in [0.4, 0.5) is 5.82 Å². The van der Waals surface area contributed by atoms with Crippen molar-refractivity contribution >= 4 is 46.8 Å². The van der Waals surface area contributed by atoms with Crippen LogP contribution >= 0.6 is 7.75 Å². The molecule has 2 aromatic heterocycles. The second-order valence-corrected chi connectivity index (χ2v) is 16.4. The number of nitrogens with one attached hydrogen (secondary N) is 1. The van der Waals surface area contributed by atoms with Gasteiger partial charge in [-0.3, -0.25) is 23.4 Å². The Morgan fingerprint density at radius 3 is 2.29 bits per heavy atom. The Morgan fingerprint density at radius 1 is 1.08 bits per heavy atom. The number of ether oxygens (including phenoxy) is 4. The monoisotopic (exact) mass is 730 g/mol. The number of hydrogen-bond donors (Lipinski definition) is 2. The summed E-state index contributed by atoms with van der Waals surface area (Å²) < 4.78 is 73.1. The lowest BCUT2D eigenvalue weighted by Crippen LogP contribution is -2.50. The average molecular weight is 731 g/mol. The summed E-state index contributed by atoms with van der Waals surface area (Å²) in [6.45, 7) is 9.16. The molecule has 3 rings (SSSR count). The molecule has 272 valence electrons. The zero-order chi connectivity index (χ0) is 36.9. The average Bonchev–Trinajstić information content (AvgIpc) is 3.55. The molecule has 0 aliphatic carbocycles. The Labute approximate surface area is 284 Å². The van der Waals surface area contributed by atoms with Gasteiger partial charge in [-0.1, -0.05) is 27.7 Å². The van der Waals surface area contributed by atoms with Crippen molar-refractivity contribution in [3.8, 4) is 6.07 Å². The van der Waals surface area contributed by atoms with Crippen LogP contribution < -0.4 is 10.8 Å². The first-order chi connectivity index (χ1) is 22.7. The summed E-state index contributed by atoms with van der Waals surface area (Å²) in [5, 5.41) is 17.3. The van der Waals surface area contributed by atoms with Crippen molar-refractivity contribution in [2.45, 2.75) is 84.5 Å². The van der Waals surface area contributed by atoms with Gasteiger partial charge in [-0.25, -0.2) is 27.6 Å². The predicted molar refractivity (Wildman–Crippen MR) is 172 cm³/mol. The van der Waals surface area contributed by atoms with Gasteiger partial charge in [0.25, 0.3) is 0 Å². The van der Waals surface area contributed by atoms with Gasteiger partial charge < -0.3 is 24.7 Å². The highest BCUT2D eigenvalue weighted by atomic mass is 32.2. The van der Waals surface area contributed by atoms with Crippen molar-refractivity contribution in [1.82, 2.24) is 19.7 Å². The van der Waals surface area contributed by atoms with E-state index in [4.69, 9.17) is 33.7 Å². The molecule has 2 unspecified atom stereocenters. The van der Waals surface area contributed by atoms with Crippen molar-refractivity contribution in [3.05, 3.63) is 24.2 Å². The number of carbonyl (C=O) groups is 3. The first-order valence-electron chi connectivity index (χ1n) is 15.4. The number of nitrogens with two attached hydrogens (primary N) is 1. The molecule has 2 aromatic rings. The van der Waals surface area contributed by atoms with Gasteiger partial charge in [-0.2, -0.15) is 10.4 Å². The van der Waals surface area contributed by atoms with E-state index in [1.54, 1.807) is 53.7 Å². The van der Waals surface area contributed by atoms with Crippen LogP contribution in [0.15, 0.2) is 18.5 Å². The maximum absolute atomic E-state index is 14.1. The molecule has 3 heterocycles. The molecule has 0 bridgehead atoms. The van der Waals surface area contributed by atoms with E-state index in [1.807, 2.05) is 6.07 Å². The molecule has 1 fully saturated rings. The number of fused-ring (bicyclic) bond motifs is 1. The van der Waals surface area contributed by atoms with Gasteiger partial charge in [0.15, 0.2) is 18.0 Å². The maximum Gasteiger partial charge on any atom is 0.406 e. The number of nitrogens with zero attached hydrogens (tertiary/aromatic N) is 4. The van der Waals surface area contributed by atoms with Gasteiger partial charge in [0.2, 0.25) is 5.60 Å². The summed E-state index contributed by atoms with van der Waals surface area (Å²) in [7, 11) is -8.26. The molecule has 1 aliphatic heterocycles. The summed E-state index contributed by atoms with van der Waals surface area (Å²) in [6, 6.07) is 3.75. The fourth-order valence-corrected chi connectivity index (χ4v) is 6.49. The number of hydrogen-bond acceptors (Lipinski definition) is 16. The molecule has 0 amide bonds. The molecule has 49 heavy (non-hydrogen) atoms. The second-order valence-electron chi connectivity index (χ2n) is 12.4. The Balaban J connectivity index is 2.12. The third-order valence-electron chi connectivity index (χ3n) is 7.05. The van der Waals surface area contributed by atoms with Gasteiger partial charge in [-0.05, 0) is 32.9 Å². The lowest BCUT2D eigenvalue weighted by molar-refractivity contribution is -0.173. The number of nitrogen functional groups attached to an aromatic ring is 1. The number of sulfone groups is 1. The molecule has 0 radical (unpaired) electrons. The third-order valence-corrected chi connectivity index (χ3v) is 9.65. The second kappa shape index (κ2) is 15.9. The highest BCUT2D eigenvalue weighted by Crippen LogP contribution is 2.50. The normalized spacial score (nSPS) is 22.9. The molecular weight excluding hydrogens is 687 g/mol. The number of rotatable bonds is 16. The highest BCUT2D eigenvalue weighted by Gasteiger charge is 2.62. The van der Waals surface area contributed by atoms with Crippen LogP contribution in [0.2, 0.25) is 0 Å². The van der Waals surface area contributed by atoms with E-state index < -0.39 is 102 Å². The molecule has 0 saturated carbocycles. The fraction of sp³-hybridized carbons (Fsp3) is 0.655. The standard InChI is InChI=1S/C29H43N6O12PS/c1-16(2)26(36)45-23-22(20-9-10-21-25(31)32-15-33-35(20)21)47-29(13-30,24(23)46-27(37)17(3)4)14-43-48(39,42-11-12-49(8,40)41)34-19(7)28(38)44-18(5)6/h9-10,15-19,22-24H,11-12,14H2,1-8H3,(H,34,39)(H2,31,32,33)/t19?,22-,23-,24-,29+,48?/m0/s1. The van der Waals surface area contributed by atoms with Crippen molar-refractivity contribution in [2.75, 3.05) is 31.0 Å². The Morgan fingerprint density at radius 2 is 1.71 bits per heavy atom. The molecule has 0 aromatic carbocycles. The van der Waals surface area contributed by atoms with Crippen molar-refractivity contribution in [1.29, 1.82) is 5.26 Å². The van der Waals surface area contributed by atoms with Gasteiger partial charge in [0.1, 0.15) is 46.5 Å². The zero-order valence-electron chi connectivity index (χ0n) is 28.5. The highest BCUT2D eigenvalue weighted by molar-refractivity contribution is 7.90. The summed E-state index contributed by atoms with van der Waals surface area (Å²) in [6.07, 6.45) is -2.92. The minimum absolute atomic E-state index is 0.107. The van der Waals surface area contributed by atoms with E-state index in [9.17, 15) is 32.6 Å². The van der Waals surface area contributed by atoms with Crippen molar-refractivity contribution < 1.29 is 55.4 Å². The SMILES string of the molecule is CC(C)OC(=O)C(C)NP(=O)(OCCS(C)(=O)=O)OC[C@@]1(C#N)O[C@@H](c2ccc3c(N)ncnn23)[C@H](OC(=O)C(C)C)[C@@H]1OC(=O)C(C)C. The van der Waals surface area contributed by atoms with Crippen LogP contribution in [-0.4, -0.2) is 96.1 Å². The number of aromatic nitrogens is 3. The maximum atomic E-state index is 14.1. The molecule has 0 spiro atoms. The molecule has 6 atom stereocenters. The predicted octanol–water partition coefficient (Wildman–Crippen LogP) is 1.90. The van der Waals surface area contributed by atoms with Crippen molar-refractivity contribution in [3.63, 3.8) is 0 Å². The van der Waals surface area contributed by atoms with E-state index >= 15 is 0 Å². The van der Waals surface area contributed by atoms with E-state index in [2.05, 4.69) is 15.2 Å². The fourth-order valence-electron chi connectivity index (χ4n) is 4.48. The van der Waals surface area contributed by atoms with Gasteiger partial charge >= 0.3 is 25.7 Å². The van der Waals surface area contributed by atoms with E-state index in [1.165, 1.54) is 17.8 Å². The summed E-state index contributed by atoms with van der Waals surface area (Å²) in [5.41, 5.74) is 4.26. The third kappa shape index (κ3) is 9.96. The molecule has 1 aliphatic rings. The Bertz CT molecular complexity index is 1730. The number of nitriles is 1. The molecule has 1 saturated heterocycles. The van der Waals surface area contributed by atoms with E-state index in [-0.39, 0.29) is 11.5 Å². The Hall–Kier alpha value is -3.66. The van der Waals surface area contributed by atoms with Gasteiger partial charge in [0, 0.05) is 6.26 Å². The van der Waals surface area contributed by atoms with Crippen LogP contribution in [-0.2, 0) is 56.8 Å². The van der Waals surface area contributed by atoms with E-state index in [0.29, 0.717) is 5.52 Å². The minimum Gasteiger partial charge on any atom is -0.462 e. The first kappa shape index (κ1) is 39.8. The largest absolute Gasteiger partial charge is 0.462 e. The zero-order valence-corrected chi connectivity index (χ0v) is 30.2. The summed E-state index contributed by atoms with van der Waals surface area (Å²) >= 11 is 0. The molecular formula is C29H43N6O12PS. The topological polar surface area (TPSA) is 250 Å². The van der Waals surface area contributed by atoms with Crippen molar-refractivity contribution in [2.24, 2.45) is 11.8 Å². The van der Waals surface area contributed by atoms with Crippen LogP contribution in [0.3, 0.4) is 0 Å². The van der Waals surface area contributed by atoms with Crippen LogP contribution in [0.5, 0.6) is 0 Å². The summed E-state index contributed by atoms with van der Waals surface area (Å²) in [5.74, 6) is -4.16. The first-order valence-corrected chi connectivity index (χ1v) is 19.0. The Kier molecular flexibility index (Phi) is 12.9. The molecule has 3 N–H and O–H groups in total. The summed E-state index contributed by atoms with van der Waals surface area (Å²) in [4.78, 5) is 42.6. The van der Waals surface area contributed by atoms with Gasteiger partial charge in [0.05, 0.1) is 36.0 Å². The van der Waals surface area contributed by atoms with Crippen LogP contribution in [0.1, 0.15) is 60.3 Å². The van der Waals surface area contributed by atoms with Crippen LogP contribution in [0.25, 0.3) is 5.52 Å². The van der Waals surface area contributed by atoms with Crippen LogP contribution in [0, 0.1) is 23.2 Å². The number of carbonyl (C=O) groups excluding carboxylic acids is 3. The smallest absolute Gasteiger partial charge is 0.406 e. The lowest BCUT2D eigenvalue weighted by Gasteiger charge is -2.31. The quantitative estimate of drug-likeness (QED) is 0.142.